The molecule has 2 atom stereocenters. The zero-order valence-corrected chi connectivity index (χ0v) is 12.4. The van der Waals surface area contributed by atoms with E-state index < -0.39 is 29.9 Å². The molecule has 0 saturated carbocycles. The Morgan fingerprint density at radius 2 is 2.00 bits per heavy atom. The number of benzene rings is 1. The summed E-state index contributed by atoms with van der Waals surface area (Å²) in [5, 5.41) is 9.40. The van der Waals surface area contributed by atoms with Crippen LogP contribution in [0.25, 0.3) is 0 Å². The molecule has 1 N–H and O–H groups in total. The Kier molecular flexibility index (Phi) is 3.84. The first-order chi connectivity index (χ1) is 10.7. The fourth-order valence-electron chi connectivity index (χ4n) is 3.16. The number of aliphatic hydroxyl groups is 1. The van der Waals surface area contributed by atoms with Crippen molar-refractivity contribution >= 4 is 5.91 Å². The van der Waals surface area contributed by atoms with Crippen molar-refractivity contribution in [1.82, 2.24) is 9.80 Å². The van der Waals surface area contributed by atoms with E-state index in [4.69, 9.17) is 0 Å². The van der Waals surface area contributed by atoms with Crippen molar-refractivity contribution in [3.8, 4) is 0 Å². The third kappa shape index (κ3) is 2.92. The summed E-state index contributed by atoms with van der Waals surface area (Å²) in [7, 11) is 1.45. The van der Waals surface area contributed by atoms with E-state index in [-0.39, 0.29) is 37.3 Å². The molecule has 2 aliphatic rings. The van der Waals surface area contributed by atoms with E-state index in [1.165, 1.54) is 18.0 Å². The Bertz CT molecular complexity index is 637. The summed E-state index contributed by atoms with van der Waals surface area (Å²) in [4.78, 5) is 14.8. The number of likely N-dealkylation sites (tertiary alicyclic amines) is 1. The zero-order valence-electron chi connectivity index (χ0n) is 12.4. The summed E-state index contributed by atoms with van der Waals surface area (Å²) in [5.74, 6) is -0.447. The predicted molar refractivity (Wildman–Crippen MR) is 73.4 cm³/mol. The average molecular weight is 332 g/mol. The molecule has 0 aromatic heterocycles. The summed E-state index contributed by atoms with van der Waals surface area (Å²) in [6, 6.07) is 2.46. The fourth-order valence-corrected chi connectivity index (χ4v) is 3.16. The topological polar surface area (TPSA) is 43.8 Å². The maximum atomic E-state index is 13.3. The minimum atomic E-state index is -4.56. The van der Waals surface area contributed by atoms with Crippen LogP contribution in [0.1, 0.15) is 27.0 Å². The number of rotatable bonds is 2. The number of carbonyl (C=O) groups is 1. The second-order valence-corrected chi connectivity index (χ2v) is 6.11. The number of alkyl halides is 4. The minimum Gasteiger partial charge on any atom is -0.389 e. The predicted octanol–water partition coefficient (Wildman–Crippen LogP) is 1.81. The molecule has 4 nitrogen and oxygen atoms in total. The molecule has 23 heavy (non-hydrogen) atoms. The first-order valence-corrected chi connectivity index (χ1v) is 7.19. The van der Waals surface area contributed by atoms with Gasteiger partial charge in [0.05, 0.1) is 11.7 Å². The molecular formula is C15H16F4N2O2. The van der Waals surface area contributed by atoms with Gasteiger partial charge in [-0.15, -0.1) is 0 Å². The van der Waals surface area contributed by atoms with Gasteiger partial charge in [-0.3, -0.25) is 9.69 Å². The SMILES string of the molecule is CN1Cc2c(cc(CN3CC(O)C(F)C3)cc2C(F)(F)F)C1=O. The first-order valence-electron chi connectivity index (χ1n) is 7.19. The Balaban J connectivity index is 1.95. The number of halogens is 4. The van der Waals surface area contributed by atoms with Crippen LogP contribution in [0.5, 0.6) is 0 Å². The fraction of sp³-hybridized carbons (Fsp3) is 0.533. The van der Waals surface area contributed by atoms with Crippen LogP contribution in [0.2, 0.25) is 0 Å². The summed E-state index contributed by atoms with van der Waals surface area (Å²) < 4.78 is 53.2. The number of nitrogens with zero attached hydrogens (tertiary/aromatic N) is 2. The lowest BCUT2D eigenvalue weighted by atomic mass is 9.98. The summed E-state index contributed by atoms with van der Waals surface area (Å²) in [6.45, 7) is 0.0179. The molecule has 1 fully saturated rings. The number of aliphatic hydroxyl groups excluding tert-OH is 1. The lowest BCUT2D eigenvalue weighted by molar-refractivity contribution is -0.138. The molecule has 1 saturated heterocycles. The summed E-state index contributed by atoms with van der Waals surface area (Å²) >= 11 is 0. The first kappa shape index (κ1) is 16.2. The van der Waals surface area contributed by atoms with Gasteiger partial charge in [-0.2, -0.15) is 13.2 Å². The van der Waals surface area contributed by atoms with E-state index in [9.17, 15) is 27.5 Å². The van der Waals surface area contributed by atoms with Crippen LogP contribution in [0.3, 0.4) is 0 Å². The third-order valence-electron chi connectivity index (χ3n) is 4.29. The lowest BCUT2D eigenvalue weighted by Crippen LogP contribution is -2.22. The van der Waals surface area contributed by atoms with E-state index in [1.807, 2.05) is 0 Å². The van der Waals surface area contributed by atoms with Gasteiger partial charge in [0.25, 0.3) is 5.91 Å². The highest BCUT2D eigenvalue weighted by molar-refractivity contribution is 5.98. The van der Waals surface area contributed by atoms with E-state index in [2.05, 4.69) is 0 Å². The second-order valence-electron chi connectivity index (χ2n) is 6.11. The molecule has 0 aliphatic carbocycles. The number of carbonyl (C=O) groups excluding carboxylic acids is 1. The van der Waals surface area contributed by atoms with E-state index in [1.54, 1.807) is 4.90 Å². The van der Waals surface area contributed by atoms with E-state index >= 15 is 0 Å². The number of fused-ring (bicyclic) bond motifs is 1. The largest absolute Gasteiger partial charge is 0.416 e. The third-order valence-corrected chi connectivity index (χ3v) is 4.29. The highest BCUT2D eigenvalue weighted by Crippen LogP contribution is 2.38. The van der Waals surface area contributed by atoms with Gasteiger partial charge in [0.1, 0.15) is 6.17 Å². The molecule has 1 amide bonds. The monoisotopic (exact) mass is 332 g/mol. The number of β-amino-alcohol motifs (C(OH)–C–C–N with tert-alkyl or cyclic N) is 1. The molecule has 2 unspecified atom stereocenters. The molecule has 1 aromatic carbocycles. The summed E-state index contributed by atoms with van der Waals surface area (Å²) in [5.41, 5.74) is -0.493. The van der Waals surface area contributed by atoms with Crippen molar-refractivity contribution in [2.75, 3.05) is 20.1 Å². The molecule has 126 valence electrons. The average Bonchev–Trinajstić information content (AvgIpc) is 2.90. The van der Waals surface area contributed by atoms with Crippen molar-refractivity contribution in [2.24, 2.45) is 0 Å². The maximum Gasteiger partial charge on any atom is 0.416 e. The normalized spacial score (nSPS) is 25.3. The number of amides is 1. The summed E-state index contributed by atoms with van der Waals surface area (Å²) in [6.07, 6.45) is -7.09. The van der Waals surface area contributed by atoms with Crippen LogP contribution < -0.4 is 0 Å². The molecule has 2 aliphatic heterocycles. The van der Waals surface area contributed by atoms with Gasteiger partial charge in [0, 0.05) is 38.8 Å². The van der Waals surface area contributed by atoms with Crippen molar-refractivity contribution in [3.05, 3.63) is 34.4 Å². The Morgan fingerprint density at radius 3 is 2.57 bits per heavy atom. The van der Waals surface area contributed by atoms with Gasteiger partial charge >= 0.3 is 6.18 Å². The lowest BCUT2D eigenvalue weighted by Gasteiger charge is -2.18. The van der Waals surface area contributed by atoms with Crippen LogP contribution >= 0.6 is 0 Å². The molecule has 0 radical (unpaired) electrons. The smallest absolute Gasteiger partial charge is 0.389 e. The van der Waals surface area contributed by atoms with Gasteiger partial charge in [-0.25, -0.2) is 4.39 Å². The number of hydrogen-bond donors (Lipinski definition) is 1. The van der Waals surface area contributed by atoms with Crippen molar-refractivity contribution < 1.29 is 27.5 Å². The van der Waals surface area contributed by atoms with Crippen LogP contribution in [-0.4, -0.2) is 53.2 Å². The van der Waals surface area contributed by atoms with Crippen molar-refractivity contribution in [3.63, 3.8) is 0 Å². The van der Waals surface area contributed by atoms with Crippen LogP contribution in [-0.2, 0) is 19.3 Å². The molecular weight excluding hydrogens is 316 g/mol. The van der Waals surface area contributed by atoms with Gasteiger partial charge < -0.3 is 10.0 Å². The van der Waals surface area contributed by atoms with Crippen LogP contribution in [0.4, 0.5) is 17.6 Å². The van der Waals surface area contributed by atoms with E-state index in [0.29, 0.717) is 5.56 Å². The van der Waals surface area contributed by atoms with Gasteiger partial charge in [-0.1, -0.05) is 0 Å². The van der Waals surface area contributed by atoms with Gasteiger partial charge in [0.15, 0.2) is 0 Å². The highest BCUT2D eigenvalue weighted by Gasteiger charge is 2.39. The second kappa shape index (κ2) is 5.45. The Hall–Kier alpha value is -1.67. The van der Waals surface area contributed by atoms with Gasteiger partial charge in [0.2, 0.25) is 0 Å². The quantitative estimate of drug-likeness (QED) is 0.840. The Morgan fingerprint density at radius 1 is 1.30 bits per heavy atom. The van der Waals surface area contributed by atoms with Crippen molar-refractivity contribution in [1.29, 1.82) is 0 Å². The molecule has 8 heteroatoms. The molecule has 0 spiro atoms. The van der Waals surface area contributed by atoms with Crippen LogP contribution in [0, 0.1) is 0 Å². The molecule has 2 heterocycles. The Labute approximate surface area is 130 Å². The van der Waals surface area contributed by atoms with Gasteiger partial charge in [-0.05, 0) is 23.3 Å². The highest BCUT2D eigenvalue weighted by atomic mass is 19.4. The molecule has 0 bridgehead atoms. The molecule has 1 aromatic rings. The molecule has 3 rings (SSSR count). The van der Waals surface area contributed by atoms with Crippen LogP contribution in [0.15, 0.2) is 12.1 Å². The minimum absolute atomic E-state index is 0.0152. The van der Waals surface area contributed by atoms with Crippen molar-refractivity contribution in [2.45, 2.75) is 31.5 Å². The zero-order chi connectivity index (χ0) is 16.9. The maximum absolute atomic E-state index is 13.3. The standard InChI is InChI=1S/C15H16F4N2O2/c1-20-5-10-9(14(20)23)2-8(3-11(10)15(17,18)19)4-21-6-12(16)13(22)7-21/h2-3,12-13,22H,4-7H2,1H3. The van der Waals surface area contributed by atoms with E-state index in [0.717, 1.165) is 6.07 Å². The number of hydrogen-bond acceptors (Lipinski definition) is 3.